The molecule has 1 heterocycles. The Morgan fingerprint density at radius 2 is 1.48 bits per heavy atom. The molecule has 2 aromatic rings. The predicted molar refractivity (Wildman–Crippen MR) is 97.3 cm³/mol. The second kappa shape index (κ2) is 7.83. The fourth-order valence-electron chi connectivity index (χ4n) is 2.87. The van der Waals surface area contributed by atoms with Gasteiger partial charge in [-0.25, -0.2) is 4.79 Å². The Bertz CT molecular complexity index is 720. The lowest BCUT2D eigenvalue weighted by Crippen LogP contribution is -2.53. The fourth-order valence-corrected chi connectivity index (χ4v) is 2.87. The second-order valence-electron chi connectivity index (χ2n) is 6.29. The minimum Gasteiger partial charge on any atom is -0.335 e. The summed E-state index contributed by atoms with van der Waals surface area (Å²) in [5.74, 6) is 0.0281. The average molecular weight is 337 g/mol. The van der Waals surface area contributed by atoms with Crippen molar-refractivity contribution in [1.82, 2.24) is 15.1 Å². The Morgan fingerprint density at radius 1 is 0.880 bits per heavy atom. The van der Waals surface area contributed by atoms with Crippen LogP contribution >= 0.6 is 0 Å². The van der Waals surface area contributed by atoms with E-state index in [0.29, 0.717) is 38.3 Å². The van der Waals surface area contributed by atoms with Crippen molar-refractivity contribution < 1.29 is 9.59 Å². The van der Waals surface area contributed by atoms with E-state index in [1.165, 1.54) is 5.56 Å². The van der Waals surface area contributed by atoms with Crippen LogP contribution in [0.15, 0.2) is 54.6 Å². The van der Waals surface area contributed by atoms with Crippen LogP contribution < -0.4 is 5.32 Å². The van der Waals surface area contributed by atoms with Crippen molar-refractivity contribution in [3.63, 3.8) is 0 Å². The number of carbonyl (C=O) groups excluding carboxylic acids is 2. The number of rotatable bonds is 3. The van der Waals surface area contributed by atoms with Gasteiger partial charge in [0.2, 0.25) is 0 Å². The monoisotopic (exact) mass is 337 g/mol. The van der Waals surface area contributed by atoms with Gasteiger partial charge in [0.1, 0.15) is 0 Å². The van der Waals surface area contributed by atoms with Crippen LogP contribution in [-0.4, -0.2) is 47.9 Å². The highest BCUT2D eigenvalue weighted by Gasteiger charge is 2.24. The van der Waals surface area contributed by atoms with Gasteiger partial charge in [0, 0.05) is 38.3 Å². The van der Waals surface area contributed by atoms with Crippen LogP contribution in [-0.2, 0) is 6.54 Å². The van der Waals surface area contributed by atoms with Crippen molar-refractivity contribution in [2.75, 3.05) is 26.2 Å². The van der Waals surface area contributed by atoms with Crippen LogP contribution in [0.25, 0.3) is 0 Å². The van der Waals surface area contributed by atoms with E-state index < -0.39 is 0 Å². The lowest BCUT2D eigenvalue weighted by Gasteiger charge is -2.34. The van der Waals surface area contributed by atoms with E-state index in [9.17, 15) is 9.59 Å². The molecule has 0 spiro atoms. The normalized spacial score (nSPS) is 14.3. The molecular formula is C20H23N3O2. The Hall–Kier alpha value is -2.82. The fraction of sp³-hybridized carbons (Fsp3) is 0.300. The molecule has 0 aliphatic carbocycles. The van der Waals surface area contributed by atoms with Crippen LogP contribution in [0.3, 0.4) is 0 Å². The number of amides is 3. The summed E-state index contributed by atoms with van der Waals surface area (Å²) in [6.45, 7) is 4.79. The first-order chi connectivity index (χ1) is 12.1. The summed E-state index contributed by atoms with van der Waals surface area (Å²) in [5.41, 5.74) is 2.98. The second-order valence-corrected chi connectivity index (χ2v) is 6.29. The van der Waals surface area contributed by atoms with Crippen molar-refractivity contribution >= 4 is 11.9 Å². The van der Waals surface area contributed by atoms with E-state index in [1.54, 1.807) is 9.80 Å². The molecule has 5 nitrogen and oxygen atoms in total. The molecule has 25 heavy (non-hydrogen) atoms. The number of urea groups is 1. The van der Waals surface area contributed by atoms with Crippen LogP contribution in [0, 0.1) is 6.92 Å². The van der Waals surface area contributed by atoms with Gasteiger partial charge in [-0.15, -0.1) is 0 Å². The maximum atomic E-state index is 12.4. The third kappa shape index (κ3) is 4.38. The zero-order valence-corrected chi connectivity index (χ0v) is 14.4. The summed E-state index contributed by atoms with van der Waals surface area (Å²) in [5, 5.41) is 2.95. The SMILES string of the molecule is Cc1ccc(CNC(=O)N2CCN(C(=O)c3ccccc3)CC2)cc1. The number of hydrogen-bond donors (Lipinski definition) is 1. The number of nitrogens with one attached hydrogen (secondary N) is 1. The largest absolute Gasteiger partial charge is 0.335 e. The highest BCUT2D eigenvalue weighted by Crippen LogP contribution is 2.09. The van der Waals surface area contributed by atoms with Gasteiger partial charge in [0.05, 0.1) is 0 Å². The molecule has 1 N–H and O–H groups in total. The summed E-state index contributed by atoms with van der Waals surface area (Å²) < 4.78 is 0. The third-order valence-electron chi connectivity index (χ3n) is 4.44. The van der Waals surface area contributed by atoms with E-state index in [1.807, 2.05) is 61.5 Å². The van der Waals surface area contributed by atoms with Gasteiger partial charge in [-0.1, -0.05) is 48.0 Å². The molecule has 1 aliphatic rings. The van der Waals surface area contributed by atoms with Crippen molar-refractivity contribution in [3.8, 4) is 0 Å². The molecule has 1 fully saturated rings. The number of carbonyl (C=O) groups is 2. The van der Waals surface area contributed by atoms with Crippen molar-refractivity contribution in [2.24, 2.45) is 0 Å². The van der Waals surface area contributed by atoms with Gasteiger partial charge in [-0.3, -0.25) is 4.79 Å². The number of hydrogen-bond acceptors (Lipinski definition) is 2. The molecule has 1 saturated heterocycles. The minimum absolute atomic E-state index is 0.0281. The van der Waals surface area contributed by atoms with Gasteiger partial charge in [0.25, 0.3) is 5.91 Å². The molecule has 3 rings (SSSR count). The summed E-state index contributed by atoms with van der Waals surface area (Å²) in [7, 11) is 0. The highest BCUT2D eigenvalue weighted by atomic mass is 16.2. The van der Waals surface area contributed by atoms with Gasteiger partial charge in [-0.2, -0.15) is 0 Å². The van der Waals surface area contributed by atoms with Crippen LogP contribution in [0.1, 0.15) is 21.5 Å². The van der Waals surface area contributed by atoms with Crippen LogP contribution in [0.4, 0.5) is 4.79 Å². The zero-order valence-electron chi connectivity index (χ0n) is 14.4. The van der Waals surface area contributed by atoms with Crippen molar-refractivity contribution in [1.29, 1.82) is 0 Å². The van der Waals surface area contributed by atoms with Crippen molar-refractivity contribution in [2.45, 2.75) is 13.5 Å². The topological polar surface area (TPSA) is 52.7 Å². The van der Waals surface area contributed by atoms with E-state index in [-0.39, 0.29) is 11.9 Å². The number of aryl methyl sites for hydroxylation is 1. The Kier molecular flexibility index (Phi) is 5.33. The smallest absolute Gasteiger partial charge is 0.317 e. The molecule has 130 valence electrons. The first-order valence-electron chi connectivity index (χ1n) is 8.56. The molecule has 0 radical (unpaired) electrons. The Balaban J connectivity index is 1.47. The summed E-state index contributed by atoms with van der Waals surface area (Å²) in [6, 6.07) is 17.3. The predicted octanol–water partition coefficient (Wildman–Crippen LogP) is 2.66. The van der Waals surface area contributed by atoms with Crippen LogP contribution in [0.2, 0.25) is 0 Å². The number of benzene rings is 2. The van der Waals surface area contributed by atoms with Gasteiger partial charge in [0.15, 0.2) is 0 Å². The summed E-state index contributed by atoms with van der Waals surface area (Å²) in [4.78, 5) is 28.3. The zero-order chi connectivity index (χ0) is 17.6. The van der Waals surface area contributed by atoms with Gasteiger partial charge >= 0.3 is 6.03 Å². The molecule has 0 saturated carbocycles. The quantitative estimate of drug-likeness (QED) is 0.936. The average Bonchev–Trinajstić information content (AvgIpc) is 2.67. The molecular weight excluding hydrogens is 314 g/mol. The van der Waals surface area contributed by atoms with Crippen molar-refractivity contribution in [3.05, 3.63) is 71.3 Å². The maximum absolute atomic E-state index is 12.4. The molecule has 2 aromatic carbocycles. The Labute approximate surface area is 148 Å². The maximum Gasteiger partial charge on any atom is 0.317 e. The number of nitrogens with zero attached hydrogens (tertiary/aromatic N) is 2. The third-order valence-corrected chi connectivity index (χ3v) is 4.44. The van der Waals surface area contributed by atoms with E-state index in [4.69, 9.17) is 0 Å². The van der Waals surface area contributed by atoms with Gasteiger partial charge in [-0.05, 0) is 24.6 Å². The number of piperazine rings is 1. The standard InChI is InChI=1S/C20H23N3O2/c1-16-7-9-17(10-8-16)15-21-20(25)23-13-11-22(12-14-23)19(24)18-5-3-2-4-6-18/h2-10H,11-15H2,1H3,(H,21,25). The van der Waals surface area contributed by atoms with E-state index >= 15 is 0 Å². The first-order valence-corrected chi connectivity index (χ1v) is 8.56. The molecule has 1 aliphatic heterocycles. The minimum atomic E-state index is -0.0765. The molecule has 0 bridgehead atoms. The molecule has 0 atom stereocenters. The van der Waals surface area contributed by atoms with E-state index in [2.05, 4.69) is 5.32 Å². The van der Waals surface area contributed by atoms with E-state index in [0.717, 1.165) is 5.56 Å². The Morgan fingerprint density at radius 3 is 2.12 bits per heavy atom. The van der Waals surface area contributed by atoms with Crippen LogP contribution in [0.5, 0.6) is 0 Å². The summed E-state index contributed by atoms with van der Waals surface area (Å²) >= 11 is 0. The molecule has 0 aromatic heterocycles. The molecule has 5 heteroatoms. The van der Waals surface area contributed by atoms with Gasteiger partial charge < -0.3 is 15.1 Å². The summed E-state index contributed by atoms with van der Waals surface area (Å²) in [6.07, 6.45) is 0. The molecule has 0 unspecified atom stereocenters. The highest BCUT2D eigenvalue weighted by molar-refractivity contribution is 5.94. The lowest BCUT2D eigenvalue weighted by atomic mass is 10.1. The lowest BCUT2D eigenvalue weighted by molar-refractivity contribution is 0.0665. The molecule has 3 amide bonds. The first kappa shape index (κ1) is 17.0.